The van der Waals surface area contributed by atoms with Gasteiger partial charge in [0.05, 0.1) is 11.7 Å². The van der Waals surface area contributed by atoms with E-state index in [1.54, 1.807) is 12.1 Å². The molecule has 3 nitrogen and oxygen atoms in total. The average Bonchev–Trinajstić information content (AvgIpc) is 3.16. The van der Waals surface area contributed by atoms with Crippen molar-refractivity contribution < 1.29 is 9.13 Å². The van der Waals surface area contributed by atoms with Crippen molar-refractivity contribution in [2.45, 2.75) is 44.2 Å². The topological polar surface area (TPSA) is 27.1 Å². The lowest BCUT2D eigenvalue weighted by atomic mass is 10.2. The fourth-order valence-electron chi connectivity index (χ4n) is 2.72. The van der Waals surface area contributed by atoms with Gasteiger partial charge in [-0.15, -0.1) is 11.6 Å². The number of hydrogen-bond donors (Lipinski definition) is 0. The third-order valence-electron chi connectivity index (χ3n) is 3.89. The van der Waals surface area contributed by atoms with Crippen molar-refractivity contribution in [2.24, 2.45) is 0 Å². The Hall–Kier alpha value is -1.55. The Labute approximate surface area is 128 Å². The predicted octanol–water partition coefficient (Wildman–Crippen LogP) is 4.46. The third kappa shape index (κ3) is 3.38. The van der Waals surface area contributed by atoms with Gasteiger partial charge in [0, 0.05) is 12.1 Å². The normalized spacial score (nSPS) is 15.5. The fraction of sp³-hybridized carbons (Fsp3) is 0.438. The van der Waals surface area contributed by atoms with Crippen LogP contribution in [0.2, 0.25) is 0 Å². The summed E-state index contributed by atoms with van der Waals surface area (Å²) in [5, 5.41) is 4.52. The molecule has 3 rings (SSSR count). The molecule has 1 aliphatic rings. The lowest BCUT2D eigenvalue weighted by Gasteiger charge is -2.09. The summed E-state index contributed by atoms with van der Waals surface area (Å²) < 4.78 is 21.3. The minimum absolute atomic E-state index is 0.235. The number of nitrogens with zero attached hydrogens (tertiary/aromatic N) is 2. The highest BCUT2D eigenvalue weighted by Crippen LogP contribution is 2.28. The fourth-order valence-corrected chi connectivity index (χ4v) is 2.89. The van der Waals surface area contributed by atoms with Crippen molar-refractivity contribution in [3.05, 3.63) is 47.5 Å². The van der Waals surface area contributed by atoms with Crippen LogP contribution in [0.3, 0.4) is 0 Å². The highest BCUT2D eigenvalue weighted by atomic mass is 35.5. The van der Waals surface area contributed by atoms with E-state index in [1.165, 1.54) is 31.7 Å². The first-order valence-corrected chi connectivity index (χ1v) is 7.81. The molecule has 5 heteroatoms. The molecule has 1 aliphatic carbocycles. The summed E-state index contributed by atoms with van der Waals surface area (Å²) in [5.74, 6) is 0.144. The molecule has 1 saturated carbocycles. The SMILES string of the molecule is Fc1cc(CCl)ccc1OCc1ccn(C2CCCC2)n1. The van der Waals surface area contributed by atoms with Crippen LogP contribution in [0.5, 0.6) is 5.75 Å². The van der Waals surface area contributed by atoms with E-state index < -0.39 is 0 Å². The van der Waals surface area contributed by atoms with Gasteiger partial charge in [0.2, 0.25) is 0 Å². The van der Waals surface area contributed by atoms with E-state index in [0.29, 0.717) is 11.9 Å². The summed E-state index contributed by atoms with van der Waals surface area (Å²) in [4.78, 5) is 0. The Morgan fingerprint density at radius 2 is 2.10 bits per heavy atom. The van der Waals surface area contributed by atoms with Gasteiger partial charge in [0.1, 0.15) is 6.61 Å². The average molecular weight is 309 g/mol. The lowest BCUT2D eigenvalue weighted by molar-refractivity contribution is 0.283. The van der Waals surface area contributed by atoms with E-state index in [2.05, 4.69) is 5.10 Å². The van der Waals surface area contributed by atoms with Gasteiger partial charge < -0.3 is 4.74 Å². The van der Waals surface area contributed by atoms with Gasteiger partial charge in [-0.2, -0.15) is 5.10 Å². The van der Waals surface area contributed by atoms with Gasteiger partial charge in [0.25, 0.3) is 0 Å². The molecule has 0 amide bonds. The number of benzene rings is 1. The molecular weight excluding hydrogens is 291 g/mol. The smallest absolute Gasteiger partial charge is 0.165 e. The molecule has 0 N–H and O–H groups in total. The zero-order valence-corrected chi connectivity index (χ0v) is 12.5. The van der Waals surface area contributed by atoms with Crippen LogP contribution in [-0.2, 0) is 12.5 Å². The maximum absolute atomic E-state index is 13.8. The first-order chi connectivity index (χ1) is 10.3. The molecule has 0 aliphatic heterocycles. The van der Waals surface area contributed by atoms with Gasteiger partial charge in [-0.25, -0.2) is 4.39 Å². The molecular formula is C16H18ClFN2O. The maximum Gasteiger partial charge on any atom is 0.165 e. The van der Waals surface area contributed by atoms with E-state index in [9.17, 15) is 4.39 Å². The third-order valence-corrected chi connectivity index (χ3v) is 4.20. The summed E-state index contributed by atoms with van der Waals surface area (Å²) in [6.45, 7) is 0.275. The van der Waals surface area contributed by atoms with Crippen LogP contribution in [0.15, 0.2) is 30.5 Å². The number of rotatable bonds is 5. The zero-order valence-electron chi connectivity index (χ0n) is 11.8. The second kappa shape index (κ2) is 6.48. The van der Waals surface area contributed by atoms with Crippen LogP contribution >= 0.6 is 11.6 Å². The van der Waals surface area contributed by atoms with Crippen molar-refractivity contribution in [1.82, 2.24) is 9.78 Å². The predicted molar refractivity (Wildman–Crippen MR) is 80.0 cm³/mol. The molecule has 0 unspecified atom stereocenters. The van der Waals surface area contributed by atoms with Gasteiger partial charge in [0.15, 0.2) is 11.6 Å². The molecule has 1 fully saturated rings. The van der Waals surface area contributed by atoms with Crippen LogP contribution in [0, 0.1) is 5.82 Å². The van der Waals surface area contributed by atoms with Crippen molar-refractivity contribution >= 4 is 11.6 Å². The number of alkyl halides is 1. The summed E-state index contributed by atoms with van der Waals surface area (Å²) >= 11 is 5.67. The maximum atomic E-state index is 13.8. The van der Waals surface area contributed by atoms with Crippen molar-refractivity contribution in [3.8, 4) is 5.75 Å². The Kier molecular flexibility index (Phi) is 4.44. The molecule has 1 aromatic carbocycles. The van der Waals surface area contributed by atoms with Crippen LogP contribution in [0.25, 0.3) is 0 Å². The quantitative estimate of drug-likeness (QED) is 0.763. The van der Waals surface area contributed by atoms with Gasteiger partial charge in [-0.3, -0.25) is 4.68 Å². The van der Waals surface area contributed by atoms with E-state index in [4.69, 9.17) is 16.3 Å². The molecule has 0 saturated heterocycles. The van der Waals surface area contributed by atoms with E-state index >= 15 is 0 Å². The van der Waals surface area contributed by atoms with Crippen molar-refractivity contribution in [1.29, 1.82) is 0 Å². The zero-order chi connectivity index (χ0) is 14.7. The minimum atomic E-state index is -0.386. The number of hydrogen-bond acceptors (Lipinski definition) is 2. The lowest BCUT2D eigenvalue weighted by Crippen LogP contribution is -2.06. The largest absolute Gasteiger partial charge is 0.484 e. The van der Waals surface area contributed by atoms with E-state index in [0.717, 1.165) is 11.3 Å². The first-order valence-electron chi connectivity index (χ1n) is 7.27. The second-order valence-electron chi connectivity index (χ2n) is 5.41. The van der Waals surface area contributed by atoms with Crippen LogP contribution < -0.4 is 4.74 Å². The van der Waals surface area contributed by atoms with E-state index in [-0.39, 0.29) is 18.2 Å². The van der Waals surface area contributed by atoms with Gasteiger partial charge in [-0.1, -0.05) is 18.9 Å². The Morgan fingerprint density at radius 1 is 1.29 bits per heavy atom. The first kappa shape index (κ1) is 14.4. The second-order valence-corrected chi connectivity index (χ2v) is 5.68. The summed E-state index contributed by atoms with van der Waals surface area (Å²) in [7, 11) is 0. The molecule has 2 aromatic rings. The highest BCUT2D eigenvalue weighted by Gasteiger charge is 2.17. The molecule has 0 radical (unpaired) electrons. The van der Waals surface area contributed by atoms with Gasteiger partial charge >= 0.3 is 0 Å². The molecule has 0 spiro atoms. The molecule has 112 valence electrons. The molecule has 1 heterocycles. The van der Waals surface area contributed by atoms with Crippen molar-refractivity contribution in [3.63, 3.8) is 0 Å². The van der Waals surface area contributed by atoms with Crippen LogP contribution in [0.4, 0.5) is 4.39 Å². The van der Waals surface area contributed by atoms with Crippen molar-refractivity contribution in [2.75, 3.05) is 0 Å². The minimum Gasteiger partial charge on any atom is -0.484 e. The Balaban J connectivity index is 1.62. The Morgan fingerprint density at radius 3 is 2.81 bits per heavy atom. The summed E-state index contributed by atoms with van der Waals surface area (Å²) in [5.41, 5.74) is 1.56. The van der Waals surface area contributed by atoms with E-state index in [1.807, 2.05) is 16.9 Å². The standard InChI is InChI=1S/C16H18ClFN2O/c17-10-12-5-6-16(15(18)9-12)21-11-13-7-8-20(19-13)14-3-1-2-4-14/h5-9,14H,1-4,10-11H2. The monoisotopic (exact) mass is 308 g/mol. The molecule has 0 bridgehead atoms. The molecule has 21 heavy (non-hydrogen) atoms. The van der Waals surface area contributed by atoms with Gasteiger partial charge in [-0.05, 0) is 36.6 Å². The molecule has 1 aromatic heterocycles. The highest BCUT2D eigenvalue weighted by molar-refractivity contribution is 6.17. The summed E-state index contributed by atoms with van der Waals surface area (Å²) in [6.07, 6.45) is 6.91. The number of ether oxygens (including phenoxy) is 1. The number of aromatic nitrogens is 2. The summed E-state index contributed by atoms with van der Waals surface area (Å²) in [6, 6.07) is 7.23. The Bertz CT molecular complexity index is 608. The van der Waals surface area contributed by atoms with Crippen LogP contribution in [0.1, 0.15) is 43.0 Å². The molecule has 0 atom stereocenters. The van der Waals surface area contributed by atoms with Crippen LogP contribution in [-0.4, -0.2) is 9.78 Å². The number of halogens is 2.